The zero-order valence-electron chi connectivity index (χ0n) is 12.5. The van der Waals surface area contributed by atoms with Gasteiger partial charge in [0.25, 0.3) is 5.56 Å². The molecule has 0 atom stereocenters. The molecule has 2 rings (SSSR count). The van der Waals surface area contributed by atoms with Crippen molar-refractivity contribution in [2.75, 3.05) is 0 Å². The van der Waals surface area contributed by atoms with E-state index in [0.717, 1.165) is 17.7 Å². The predicted molar refractivity (Wildman–Crippen MR) is 82.1 cm³/mol. The smallest absolute Gasteiger partial charge is 0.341 e. The van der Waals surface area contributed by atoms with Gasteiger partial charge in [0.1, 0.15) is 5.56 Å². The van der Waals surface area contributed by atoms with Gasteiger partial charge in [-0.3, -0.25) is 4.79 Å². The summed E-state index contributed by atoms with van der Waals surface area (Å²) < 4.78 is 1.51. The number of aromatic carboxylic acids is 1. The van der Waals surface area contributed by atoms with E-state index in [-0.39, 0.29) is 5.56 Å². The van der Waals surface area contributed by atoms with Crippen molar-refractivity contribution < 1.29 is 9.90 Å². The molecule has 1 heterocycles. The molecule has 1 aromatic heterocycles. The third-order valence-corrected chi connectivity index (χ3v) is 3.69. The maximum absolute atomic E-state index is 12.4. The lowest BCUT2D eigenvalue weighted by molar-refractivity contribution is 0.0693. The van der Waals surface area contributed by atoms with Crippen molar-refractivity contribution in [3.05, 3.63) is 68.6 Å². The molecular formula is C17H19NO3. The SMILES string of the molecule is CCc1ccc(Cn2c(C)cc(C)c(C(=O)O)c2=O)cc1. The van der Waals surface area contributed by atoms with Gasteiger partial charge in [-0.25, -0.2) is 4.79 Å². The molecule has 110 valence electrons. The van der Waals surface area contributed by atoms with E-state index in [0.29, 0.717) is 12.1 Å². The summed E-state index contributed by atoms with van der Waals surface area (Å²) in [7, 11) is 0. The van der Waals surface area contributed by atoms with Crippen LogP contribution in [-0.4, -0.2) is 15.6 Å². The minimum absolute atomic E-state index is 0.147. The van der Waals surface area contributed by atoms with E-state index in [2.05, 4.69) is 6.92 Å². The highest BCUT2D eigenvalue weighted by atomic mass is 16.4. The summed E-state index contributed by atoms with van der Waals surface area (Å²) in [5, 5.41) is 9.18. The number of pyridine rings is 1. The second kappa shape index (κ2) is 5.95. The van der Waals surface area contributed by atoms with Crippen LogP contribution in [-0.2, 0) is 13.0 Å². The first kappa shape index (κ1) is 15.0. The number of carboxylic acids is 1. The van der Waals surface area contributed by atoms with Crippen molar-refractivity contribution in [3.63, 3.8) is 0 Å². The molecule has 1 aromatic carbocycles. The Bertz CT molecular complexity index is 727. The second-order valence-electron chi connectivity index (χ2n) is 5.21. The van der Waals surface area contributed by atoms with Crippen molar-refractivity contribution >= 4 is 5.97 Å². The van der Waals surface area contributed by atoms with Crippen molar-refractivity contribution in [3.8, 4) is 0 Å². The van der Waals surface area contributed by atoms with Crippen LogP contribution in [0.15, 0.2) is 35.1 Å². The minimum atomic E-state index is -1.17. The molecule has 0 amide bonds. The molecule has 2 aromatic rings. The Balaban J connectivity index is 2.46. The third kappa shape index (κ3) is 3.05. The fraction of sp³-hybridized carbons (Fsp3) is 0.294. The molecule has 0 unspecified atom stereocenters. The number of rotatable bonds is 4. The fourth-order valence-corrected chi connectivity index (χ4v) is 2.45. The molecule has 4 nitrogen and oxygen atoms in total. The highest BCUT2D eigenvalue weighted by Crippen LogP contribution is 2.10. The van der Waals surface area contributed by atoms with Crippen LogP contribution in [0.2, 0.25) is 0 Å². The Morgan fingerprint density at radius 1 is 1.14 bits per heavy atom. The lowest BCUT2D eigenvalue weighted by atomic mass is 10.1. The van der Waals surface area contributed by atoms with Crippen LogP contribution in [0, 0.1) is 13.8 Å². The Morgan fingerprint density at radius 2 is 1.71 bits per heavy atom. The second-order valence-corrected chi connectivity index (χ2v) is 5.21. The average molecular weight is 285 g/mol. The van der Waals surface area contributed by atoms with Crippen molar-refractivity contribution in [2.45, 2.75) is 33.7 Å². The van der Waals surface area contributed by atoms with Crippen molar-refractivity contribution in [2.24, 2.45) is 0 Å². The largest absolute Gasteiger partial charge is 0.477 e. The molecule has 21 heavy (non-hydrogen) atoms. The average Bonchev–Trinajstić information content (AvgIpc) is 2.43. The number of hydrogen-bond donors (Lipinski definition) is 1. The molecule has 0 radical (unpaired) electrons. The van der Waals surface area contributed by atoms with Gasteiger partial charge in [0.05, 0.1) is 6.54 Å². The summed E-state index contributed by atoms with van der Waals surface area (Å²) in [4.78, 5) is 23.6. The van der Waals surface area contributed by atoms with Crippen LogP contribution in [0.4, 0.5) is 0 Å². The Morgan fingerprint density at radius 3 is 2.24 bits per heavy atom. The van der Waals surface area contributed by atoms with Crippen molar-refractivity contribution in [1.29, 1.82) is 0 Å². The summed E-state index contributed by atoms with van der Waals surface area (Å²) in [6.45, 7) is 5.94. The van der Waals surface area contributed by atoms with Crippen LogP contribution in [0.3, 0.4) is 0 Å². The van der Waals surface area contributed by atoms with Gasteiger partial charge >= 0.3 is 5.97 Å². The molecule has 0 fully saturated rings. The lowest BCUT2D eigenvalue weighted by Crippen LogP contribution is -2.29. The van der Waals surface area contributed by atoms with Gasteiger partial charge in [-0.2, -0.15) is 0 Å². The summed E-state index contributed by atoms with van der Waals surface area (Å²) in [6.07, 6.45) is 0.965. The van der Waals surface area contributed by atoms with E-state index in [1.165, 1.54) is 10.1 Å². The molecule has 0 saturated carbocycles. The van der Waals surface area contributed by atoms with E-state index in [9.17, 15) is 14.7 Å². The van der Waals surface area contributed by atoms with Gasteiger partial charge in [0, 0.05) is 5.69 Å². The molecular weight excluding hydrogens is 266 g/mol. The molecule has 0 spiro atoms. The Kier molecular flexibility index (Phi) is 4.26. The summed E-state index contributed by atoms with van der Waals surface area (Å²) in [6, 6.07) is 9.76. The first-order valence-electron chi connectivity index (χ1n) is 6.96. The highest BCUT2D eigenvalue weighted by Gasteiger charge is 2.16. The van der Waals surface area contributed by atoms with E-state index in [1.807, 2.05) is 31.2 Å². The number of carbonyl (C=O) groups is 1. The quantitative estimate of drug-likeness (QED) is 0.939. The van der Waals surface area contributed by atoms with Crippen LogP contribution >= 0.6 is 0 Å². The standard InChI is InChI=1S/C17H19NO3/c1-4-13-5-7-14(8-6-13)10-18-12(3)9-11(2)15(16(18)19)17(20)21/h5-9H,4,10H2,1-3H3,(H,20,21). The lowest BCUT2D eigenvalue weighted by Gasteiger charge is -2.13. The number of hydrogen-bond acceptors (Lipinski definition) is 2. The van der Waals surface area contributed by atoms with Crippen LogP contribution in [0.5, 0.6) is 0 Å². The third-order valence-electron chi connectivity index (χ3n) is 3.69. The first-order valence-corrected chi connectivity index (χ1v) is 6.96. The maximum Gasteiger partial charge on any atom is 0.341 e. The number of nitrogens with zero attached hydrogens (tertiary/aromatic N) is 1. The van der Waals surface area contributed by atoms with Crippen LogP contribution in [0.25, 0.3) is 0 Å². The molecule has 0 aliphatic rings. The van der Waals surface area contributed by atoms with E-state index in [4.69, 9.17) is 0 Å². The van der Waals surface area contributed by atoms with Gasteiger partial charge < -0.3 is 9.67 Å². The van der Waals surface area contributed by atoms with Crippen molar-refractivity contribution in [1.82, 2.24) is 4.57 Å². The van der Waals surface area contributed by atoms with Gasteiger partial charge in [-0.15, -0.1) is 0 Å². The highest BCUT2D eigenvalue weighted by molar-refractivity contribution is 5.88. The van der Waals surface area contributed by atoms with Gasteiger partial charge in [0.15, 0.2) is 0 Å². The molecule has 0 bridgehead atoms. The maximum atomic E-state index is 12.4. The normalized spacial score (nSPS) is 10.6. The summed E-state index contributed by atoms with van der Waals surface area (Å²) in [5.74, 6) is -1.17. The number of aryl methyl sites for hydroxylation is 3. The summed E-state index contributed by atoms with van der Waals surface area (Å²) >= 11 is 0. The van der Waals surface area contributed by atoms with Gasteiger partial charge in [-0.1, -0.05) is 31.2 Å². The van der Waals surface area contributed by atoms with Gasteiger partial charge in [-0.05, 0) is 43.0 Å². The van der Waals surface area contributed by atoms with E-state index < -0.39 is 11.5 Å². The topological polar surface area (TPSA) is 59.3 Å². The molecule has 0 saturated heterocycles. The Hall–Kier alpha value is -2.36. The number of aromatic nitrogens is 1. The monoisotopic (exact) mass is 285 g/mol. The zero-order valence-corrected chi connectivity index (χ0v) is 12.5. The molecule has 0 aliphatic carbocycles. The molecule has 0 aliphatic heterocycles. The molecule has 4 heteroatoms. The first-order chi connectivity index (χ1) is 9.93. The van der Waals surface area contributed by atoms with E-state index >= 15 is 0 Å². The Labute approximate surface area is 123 Å². The minimum Gasteiger partial charge on any atom is -0.477 e. The zero-order chi connectivity index (χ0) is 15.6. The van der Waals surface area contributed by atoms with Crippen LogP contribution < -0.4 is 5.56 Å². The summed E-state index contributed by atoms with van der Waals surface area (Å²) in [5.41, 5.74) is 2.89. The van der Waals surface area contributed by atoms with E-state index in [1.54, 1.807) is 13.0 Å². The van der Waals surface area contributed by atoms with Crippen LogP contribution in [0.1, 0.15) is 39.7 Å². The molecule has 1 N–H and O–H groups in total. The number of benzene rings is 1. The predicted octanol–water partition coefficient (Wildman–Crippen LogP) is 2.77. The van der Waals surface area contributed by atoms with Gasteiger partial charge in [0.2, 0.25) is 0 Å². The number of carboxylic acid groups (broad SMARTS) is 1. The fourth-order valence-electron chi connectivity index (χ4n) is 2.45.